The molecule has 0 aliphatic heterocycles. The number of carbonyl (C=O) groups excluding carboxylic acids is 1. The Bertz CT molecular complexity index is 439. The number of hydrogen-bond acceptors (Lipinski definition) is 3. The number of aliphatic carboxylic acids is 1. The topological polar surface area (TPSA) is 77.8 Å². The van der Waals surface area contributed by atoms with E-state index >= 15 is 0 Å². The lowest BCUT2D eigenvalue weighted by atomic mass is 10.1. The number of phenols is 1. The van der Waals surface area contributed by atoms with Crippen LogP contribution in [0.1, 0.15) is 5.56 Å². The lowest BCUT2D eigenvalue weighted by Crippen LogP contribution is -2.36. The minimum atomic E-state index is -1.06. The summed E-state index contributed by atoms with van der Waals surface area (Å²) in [5.41, 5.74) is 0.720. The zero-order valence-electron chi connectivity index (χ0n) is 9.87. The van der Waals surface area contributed by atoms with Gasteiger partial charge in [-0.3, -0.25) is 9.59 Å². The van der Waals surface area contributed by atoms with Gasteiger partial charge in [-0.05, 0) is 17.7 Å². The molecule has 5 nitrogen and oxygen atoms in total. The molecule has 0 aliphatic rings. The van der Waals surface area contributed by atoms with Crippen molar-refractivity contribution in [2.45, 2.75) is 6.42 Å². The Hall–Kier alpha value is -2.30. The van der Waals surface area contributed by atoms with Gasteiger partial charge in [-0.25, -0.2) is 0 Å². The van der Waals surface area contributed by atoms with Crippen LogP contribution in [0, 0.1) is 0 Å². The molecule has 0 spiro atoms. The van der Waals surface area contributed by atoms with Crippen molar-refractivity contribution in [1.82, 2.24) is 4.90 Å². The third-order valence-corrected chi connectivity index (χ3v) is 2.32. The van der Waals surface area contributed by atoms with Gasteiger partial charge in [-0.2, -0.15) is 0 Å². The fraction of sp³-hybridized carbons (Fsp3) is 0.231. The van der Waals surface area contributed by atoms with Gasteiger partial charge < -0.3 is 15.1 Å². The molecule has 0 unspecified atom stereocenters. The molecular weight excluding hydrogens is 234 g/mol. The first-order valence-corrected chi connectivity index (χ1v) is 5.41. The molecule has 0 radical (unpaired) electrons. The maximum atomic E-state index is 11.9. The van der Waals surface area contributed by atoms with E-state index in [4.69, 9.17) is 10.2 Å². The number of carboxylic acid groups (broad SMARTS) is 1. The van der Waals surface area contributed by atoms with E-state index in [1.165, 1.54) is 23.1 Å². The molecule has 0 heterocycles. The molecule has 1 aromatic carbocycles. The van der Waals surface area contributed by atoms with Gasteiger partial charge in [0.05, 0.1) is 6.42 Å². The summed E-state index contributed by atoms with van der Waals surface area (Å²) in [6, 6.07) is 6.22. The van der Waals surface area contributed by atoms with Crippen LogP contribution in [0.15, 0.2) is 36.9 Å². The van der Waals surface area contributed by atoms with Crippen LogP contribution in [0.5, 0.6) is 5.75 Å². The SMILES string of the molecule is C=CCN(CC(=O)O)C(=O)Cc1ccc(O)cc1. The van der Waals surface area contributed by atoms with Crippen LogP contribution in [0.2, 0.25) is 0 Å². The molecule has 0 atom stereocenters. The number of hydrogen-bond donors (Lipinski definition) is 2. The molecule has 0 fully saturated rings. The fourth-order valence-electron chi connectivity index (χ4n) is 1.47. The van der Waals surface area contributed by atoms with E-state index in [0.29, 0.717) is 0 Å². The maximum Gasteiger partial charge on any atom is 0.323 e. The van der Waals surface area contributed by atoms with Crippen molar-refractivity contribution in [1.29, 1.82) is 0 Å². The van der Waals surface area contributed by atoms with Crippen molar-refractivity contribution in [3.63, 3.8) is 0 Å². The number of amides is 1. The van der Waals surface area contributed by atoms with Crippen molar-refractivity contribution >= 4 is 11.9 Å². The van der Waals surface area contributed by atoms with E-state index in [9.17, 15) is 9.59 Å². The van der Waals surface area contributed by atoms with Gasteiger partial charge in [0, 0.05) is 6.54 Å². The summed E-state index contributed by atoms with van der Waals surface area (Å²) in [7, 11) is 0. The van der Waals surface area contributed by atoms with Gasteiger partial charge in [-0.15, -0.1) is 6.58 Å². The summed E-state index contributed by atoms with van der Waals surface area (Å²) >= 11 is 0. The molecular formula is C13H15NO4. The summed E-state index contributed by atoms with van der Waals surface area (Å²) in [6.07, 6.45) is 1.58. The molecule has 0 aliphatic carbocycles. The van der Waals surface area contributed by atoms with Gasteiger partial charge in [0.15, 0.2) is 0 Å². The average Bonchev–Trinajstić information content (AvgIpc) is 2.31. The summed E-state index contributed by atoms with van der Waals surface area (Å²) in [5, 5.41) is 17.8. The number of benzene rings is 1. The van der Waals surface area contributed by atoms with Gasteiger partial charge in [0.1, 0.15) is 12.3 Å². The third-order valence-electron chi connectivity index (χ3n) is 2.32. The molecule has 0 saturated carbocycles. The second kappa shape index (κ2) is 6.44. The molecule has 18 heavy (non-hydrogen) atoms. The quantitative estimate of drug-likeness (QED) is 0.738. The van der Waals surface area contributed by atoms with E-state index in [1.807, 2.05) is 0 Å². The molecule has 2 N–H and O–H groups in total. The third kappa shape index (κ3) is 4.29. The molecule has 1 aromatic rings. The second-order valence-electron chi connectivity index (χ2n) is 3.80. The largest absolute Gasteiger partial charge is 0.508 e. The standard InChI is InChI=1S/C13H15NO4/c1-2-7-14(9-13(17)18)12(16)8-10-3-5-11(15)6-4-10/h2-6,15H,1,7-9H2,(H,17,18). The fourth-order valence-corrected chi connectivity index (χ4v) is 1.47. The molecule has 5 heteroatoms. The Morgan fingerprint density at radius 2 is 1.89 bits per heavy atom. The molecule has 1 amide bonds. The first-order valence-electron chi connectivity index (χ1n) is 5.41. The predicted molar refractivity (Wildman–Crippen MR) is 66.2 cm³/mol. The normalized spacial score (nSPS) is 9.78. The Labute approximate surface area is 105 Å². The van der Waals surface area contributed by atoms with Crippen LogP contribution in [-0.2, 0) is 16.0 Å². The molecule has 0 saturated heterocycles. The highest BCUT2D eigenvalue weighted by molar-refractivity contribution is 5.83. The summed E-state index contributed by atoms with van der Waals surface area (Å²) in [4.78, 5) is 23.7. The Kier molecular flexibility index (Phi) is 4.92. The summed E-state index contributed by atoms with van der Waals surface area (Å²) in [6.45, 7) is 3.34. The minimum absolute atomic E-state index is 0.0986. The number of carbonyl (C=O) groups is 2. The van der Waals surface area contributed by atoms with Crippen molar-refractivity contribution < 1.29 is 19.8 Å². The number of phenolic OH excluding ortho intramolecular Hbond substituents is 1. The van der Waals surface area contributed by atoms with Crippen molar-refractivity contribution in [2.75, 3.05) is 13.1 Å². The average molecular weight is 249 g/mol. The second-order valence-corrected chi connectivity index (χ2v) is 3.80. The van der Waals surface area contributed by atoms with Gasteiger partial charge in [0.25, 0.3) is 0 Å². The van der Waals surface area contributed by atoms with Crippen molar-refractivity contribution in [3.05, 3.63) is 42.5 Å². The molecule has 1 rings (SSSR count). The first-order chi connectivity index (χ1) is 8.52. The number of nitrogens with zero attached hydrogens (tertiary/aromatic N) is 1. The van der Waals surface area contributed by atoms with E-state index in [2.05, 4.69) is 6.58 Å². The Morgan fingerprint density at radius 3 is 2.39 bits per heavy atom. The monoisotopic (exact) mass is 249 g/mol. The minimum Gasteiger partial charge on any atom is -0.508 e. The Morgan fingerprint density at radius 1 is 1.28 bits per heavy atom. The predicted octanol–water partition coefficient (Wildman–Crippen LogP) is 1.03. The van der Waals surface area contributed by atoms with Gasteiger partial charge in [0.2, 0.25) is 5.91 Å². The highest BCUT2D eigenvalue weighted by Gasteiger charge is 2.15. The van der Waals surface area contributed by atoms with Crippen molar-refractivity contribution in [3.8, 4) is 5.75 Å². The van der Waals surface area contributed by atoms with Crippen LogP contribution >= 0.6 is 0 Å². The Balaban J connectivity index is 2.68. The summed E-state index contributed by atoms with van der Waals surface area (Å²) < 4.78 is 0. The van der Waals surface area contributed by atoms with Crippen LogP contribution in [-0.4, -0.2) is 40.1 Å². The number of rotatable bonds is 6. The van der Waals surface area contributed by atoms with Gasteiger partial charge in [-0.1, -0.05) is 18.2 Å². The lowest BCUT2D eigenvalue weighted by molar-refractivity contribution is -0.143. The van der Waals surface area contributed by atoms with Crippen LogP contribution in [0.25, 0.3) is 0 Å². The van der Waals surface area contributed by atoms with Crippen LogP contribution in [0.3, 0.4) is 0 Å². The van der Waals surface area contributed by atoms with E-state index in [-0.39, 0.29) is 31.2 Å². The number of aromatic hydroxyl groups is 1. The zero-order chi connectivity index (χ0) is 13.5. The summed E-state index contributed by atoms with van der Waals surface area (Å²) in [5.74, 6) is -1.22. The zero-order valence-corrected chi connectivity index (χ0v) is 9.87. The molecule has 96 valence electrons. The van der Waals surface area contributed by atoms with E-state index in [0.717, 1.165) is 5.56 Å². The maximum absolute atomic E-state index is 11.9. The smallest absolute Gasteiger partial charge is 0.323 e. The highest BCUT2D eigenvalue weighted by atomic mass is 16.4. The number of carboxylic acids is 1. The molecule has 0 aromatic heterocycles. The first kappa shape index (κ1) is 13.8. The van der Waals surface area contributed by atoms with Crippen molar-refractivity contribution in [2.24, 2.45) is 0 Å². The van der Waals surface area contributed by atoms with Crippen LogP contribution in [0.4, 0.5) is 0 Å². The highest BCUT2D eigenvalue weighted by Crippen LogP contribution is 2.11. The van der Waals surface area contributed by atoms with Crippen LogP contribution < -0.4 is 0 Å². The van der Waals surface area contributed by atoms with E-state index < -0.39 is 5.97 Å². The lowest BCUT2D eigenvalue weighted by Gasteiger charge is -2.18. The van der Waals surface area contributed by atoms with Gasteiger partial charge >= 0.3 is 5.97 Å². The van der Waals surface area contributed by atoms with E-state index in [1.54, 1.807) is 12.1 Å². The molecule has 0 bridgehead atoms.